The molecule has 0 aliphatic heterocycles. The smallest absolute Gasteiger partial charge is 0.0658 e. The second kappa shape index (κ2) is 6.50. The average Bonchev–Trinajstić information content (AvgIpc) is 2.47. The van der Waals surface area contributed by atoms with E-state index < -0.39 is 0 Å². The summed E-state index contributed by atoms with van der Waals surface area (Å²) in [5.74, 6) is 0. The lowest BCUT2D eigenvalue weighted by atomic mass is 9.61. The van der Waals surface area contributed by atoms with Crippen LogP contribution in [0.3, 0.4) is 0 Å². The van der Waals surface area contributed by atoms with Crippen LogP contribution in [0.1, 0.15) is 63.3 Å². The molecule has 21 heavy (non-hydrogen) atoms. The Bertz CT molecular complexity index is 484. The van der Waals surface area contributed by atoms with Crippen molar-refractivity contribution in [3.8, 4) is 0 Å². The fourth-order valence-electron chi connectivity index (χ4n) is 3.63. The Labute approximate surface area is 130 Å². The molecule has 1 N–H and O–H groups in total. The molecule has 0 radical (unpaired) electrons. The number of benzene rings is 1. The van der Waals surface area contributed by atoms with Crippen LogP contribution in [0, 0.1) is 19.3 Å². The van der Waals surface area contributed by atoms with E-state index in [0.717, 1.165) is 19.4 Å². The summed E-state index contributed by atoms with van der Waals surface area (Å²) < 4.78 is 5.90. The Morgan fingerprint density at radius 1 is 1.33 bits per heavy atom. The van der Waals surface area contributed by atoms with Gasteiger partial charge in [0.25, 0.3) is 0 Å². The molecule has 1 saturated carbocycles. The van der Waals surface area contributed by atoms with Crippen molar-refractivity contribution >= 4 is 0 Å². The van der Waals surface area contributed by atoms with E-state index >= 15 is 0 Å². The minimum atomic E-state index is 0.266. The summed E-state index contributed by atoms with van der Waals surface area (Å²) in [5, 5.41) is 3.85. The molecule has 0 amide bonds. The van der Waals surface area contributed by atoms with Crippen LogP contribution in [0.15, 0.2) is 18.2 Å². The molecule has 4 atom stereocenters. The second-order valence-electron chi connectivity index (χ2n) is 6.84. The molecule has 118 valence electrons. The van der Waals surface area contributed by atoms with Crippen molar-refractivity contribution in [3.05, 3.63) is 34.9 Å². The minimum Gasteiger partial charge on any atom is -0.378 e. The van der Waals surface area contributed by atoms with Crippen molar-refractivity contribution in [1.82, 2.24) is 5.32 Å². The van der Waals surface area contributed by atoms with E-state index in [-0.39, 0.29) is 5.41 Å². The summed E-state index contributed by atoms with van der Waals surface area (Å²) in [7, 11) is 0. The Morgan fingerprint density at radius 3 is 2.67 bits per heavy atom. The predicted octanol–water partition coefficient (Wildman–Crippen LogP) is 4.55. The normalized spacial score (nSPS) is 30.0. The number of rotatable bonds is 6. The Balaban J connectivity index is 2.06. The van der Waals surface area contributed by atoms with Gasteiger partial charge in [0.1, 0.15) is 0 Å². The van der Waals surface area contributed by atoms with Crippen molar-refractivity contribution in [1.29, 1.82) is 0 Å². The highest BCUT2D eigenvalue weighted by Gasteiger charge is 2.51. The van der Waals surface area contributed by atoms with Crippen molar-refractivity contribution in [2.24, 2.45) is 5.41 Å². The first-order valence-electron chi connectivity index (χ1n) is 8.37. The van der Waals surface area contributed by atoms with Gasteiger partial charge in [-0.3, -0.25) is 0 Å². The predicted molar refractivity (Wildman–Crippen MR) is 89.7 cm³/mol. The Kier molecular flexibility index (Phi) is 5.11. The maximum atomic E-state index is 5.90. The molecule has 2 rings (SSSR count). The second-order valence-corrected chi connectivity index (χ2v) is 6.84. The maximum absolute atomic E-state index is 5.90. The quantitative estimate of drug-likeness (QED) is 0.829. The molecule has 1 aliphatic rings. The molecule has 4 unspecified atom stereocenters. The average molecular weight is 289 g/mol. The van der Waals surface area contributed by atoms with Crippen LogP contribution in [0.5, 0.6) is 0 Å². The van der Waals surface area contributed by atoms with Gasteiger partial charge in [-0.2, -0.15) is 0 Å². The van der Waals surface area contributed by atoms with E-state index in [1.54, 1.807) is 0 Å². The fourth-order valence-corrected chi connectivity index (χ4v) is 3.63. The highest BCUT2D eigenvalue weighted by atomic mass is 16.5. The zero-order valence-electron chi connectivity index (χ0n) is 14.5. The zero-order chi connectivity index (χ0) is 15.6. The molecular formula is C19H31NO. The minimum absolute atomic E-state index is 0.266. The molecule has 0 spiro atoms. The molecule has 1 fully saturated rings. The van der Waals surface area contributed by atoms with Crippen LogP contribution >= 0.6 is 0 Å². The van der Waals surface area contributed by atoms with Gasteiger partial charge in [-0.1, -0.05) is 37.6 Å². The lowest BCUT2D eigenvalue weighted by Crippen LogP contribution is -2.62. The fraction of sp³-hybridized carbons (Fsp3) is 0.684. The monoisotopic (exact) mass is 289 g/mol. The van der Waals surface area contributed by atoms with Gasteiger partial charge in [-0.15, -0.1) is 0 Å². The molecular weight excluding hydrogens is 258 g/mol. The van der Waals surface area contributed by atoms with Crippen molar-refractivity contribution in [2.45, 2.75) is 72.6 Å². The number of aryl methyl sites for hydroxylation is 2. The summed E-state index contributed by atoms with van der Waals surface area (Å²) in [6.45, 7) is 14.2. The van der Waals surface area contributed by atoms with Crippen molar-refractivity contribution in [3.63, 3.8) is 0 Å². The van der Waals surface area contributed by atoms with Crippen LogP contribution in [-0.2, 0) is 4.74 Å². The Morgan fingerprint density at radius 2 is 2.05 bits per heavy atom. The molecule has 1 aliphatic carbocycles. The summed E-state index contributed by atoms with van der Waals surface area (Å²) in [6.07, 6.45) is 2.71. The van der Waals surface area contributed by atoms with E-state index in [1.807, 2.05) is 0 Å². The van der Waals surface area contributed by atoms with Crippen LogP contribution < -0.4 is 5.32 Å². The molecule has 2 nitrogen and oxygen atoms in total. The van der Waals surface area contributed by atoms with Gasteiger partial charge in [0.2, 0.25) is 0 Å². The first-order valence-corrected chi connectivity index (χ1v) is 8.37. The van der Waals surface area contributed by atoms with Gasteiger partial charge in [0.05, 0.1) is 6.10 Å². The van der Waals surface area contributed by atoms with E-state index in [9.17, 15) is 0 Å². The van der Waals surface area contributed by atoms with Gasteiger partial charge in [-0.25, -0.2) is 0 Å². The molecule has 0 aromatic heterocycles. The largest absolute Gasteiger partial charge is 0.378 e. The van der Waals surface area contributed by atoms with Crippen LogP contribution in [-0.4, -0.2) is 18.8 Å². The zero-order valence-corrected chi connectivity index (χ0v) is 14.5. The topological polar surface area (TPSA) is 21.3 Å². The molecule has 1 aromatic rings. The third-order valence-corrected chi connectivity index (χ3v) is 5.46. The molecule has 2 heteroatoms. The summed E-state index contributed by atoms with van der Waals surface area (Å²) in [6, 6.07) is 7.67. The highest BCUT2D eigenvalue weighted by Crippen LogP contribution is 2.46. The van der Waals surface area contributed by atoms with Gasteiger partial charge in [0, 0.05) is 24.1 Å². The van der Waals surface area contributed by atoms with Gasteiger partial charge < -0.3 is 10.1 Å². The summed E-state index contributed by atoms with van der Waals surface area (Å²) >= 11 is 0. The van der Waals surface area contributed by atoms with Gasteiger partial charge in [0.15, 0.2) is 0 Å². The third-order valence-electron chi connectivity index (χ3n) is 5.46. The van der Waals surface area contributed by atoms with Gasteiger partial charge >= 0.3 is 0 Å². The molecule has 0 heterocycles. The van der Waals surface area contributed by atoms with E-state index in [2.05, 4.69) is 65.1 Å². The van der Waals surface area contributed by atoms with Crippen molar-refractivity contribution in [2.75, 3.05) is 6.61 Å². The lowest BCUT2D eigenvalue weighted by molar-refractivity contribution is -0.127. The number of hydrogen-bond donors (Lipinski definition) is 1. The Hall–Kier alpha value is -0.860. The SMILES string of the molecule is CCOC1CC(NC(C)c2cc(C)ccc2C)C1(C)CC. The third kappa shape index (κ3) is 3.17. The number of hydrogen-bond acceptors (Lipinski definition) is 2. The van der Waals surface area contributed by atoms with E-state index in [0.29, 0.717) is 18.2 Å². The standard InChI is InChI=1S/C19H31NO/c1-7-19(6)17(12-18(19)21-8-2)20-15(5)16-11-13(3)9-10-14(16)4/h9-11,15,17-18,20H,7-8,12H2,1-6H3. The van der Waals surface area contributed by atoms with Crippen LogP contribution in [0.2, 0.25) is 0 Å². The van der Waals surface area contributed by atoms with Crippen LogP contribution in [0.25, 0.3) is 0 Å². The molecule has 0 saturated heterocycles. The van der Waals surface area contributed by atoms with Crippen LogP contribution in [0.4, 0.5) is 0 Å². The molecule has 0 bridgehead atoms. The first kappa shape index (κ1) is 16.5. The summed E-state index contributed by atoms with van der Waals surface area (Å²) in [5.41, 5.74) is 4.40. The lowest BCUT2D eigenvalue weighted by Gasteiger charge is -2.54. The number of nitrogens with one attached hydrogen (secondary N) is 1. The maximum Gasteiger partial charge on any atom is 0.0658 e. The van der Waals surface area contributed by atoms with Gasteiger partial charge in [-0.05, 0) is 51.7 Å². The first-order chi connectivity index (χ1) is 9.92. The number of ether oxygens (including phenoxy) is 1. The highest BCUT2D eigenvalue weighted by molar-refractivity contribution is 5.33. The van der Waals surface area contributed by atoms with E-state index in [1.165, 1.54) is 16.7 Å². The molecule has 1 aromatic carbocycles. The van der Waals surface area contributed by atoms with Crippen molar-refractivity contribution < 1.29 is 4.74 Å². The summed E-state index contributed by atoms with van der Waals surface area (Å²) in [4.78, 5) is 0. The van der Waals surface area contributed by atoms with E-state index in [4.69, 9.17) is 4.74 Å².